The van der Waals surface area contributed by atoms with Crippen molar-refractivity contribution in [2.24, 2.45) is 0 Å². The number of anilines is 6. The van der Waals surface area contributed by atoms with E-state index in [1.807, 2.05) is 0 Å². The Morgan fingerprint density at radius 3 is 1.43 bits per heavy atom. The third-order valence-electron chi connectivity index (χ3n) is 13.9. The van der Waals surface area contributed by atoms with Crippen LogP contribution in [0.25, 0.3) is 22.3 Å². The minimum atomic E-state index is -0.0605. The van der Waals surface area contributed by atoms with Crippen LogP contribution in [-0.2, 0) is 21.7 Å². The molecule has 328 valence electrons. The van der Waals surface area contributed by atoms with E-state index in [0.29, 0.717) is 0 Å². The van der Waals surface area contributed by atoms with Crippen LogP contribution in [0.3, 0.4) is 0 Å². The van der Waals surface area contributed by atoms with Crippen molar-refractivity contribution in [2.45, 2.75) is 112 Å². The minimum absolute atomic E-state index is 0.0236. The van der Waals surface area contributed by atoms with Crippen LogP contribution in [0.2, 0.25) is 0 Å². The molecule has 65 heavy (non-hydrogen) atoms. The molecular formula is C60H63BN2O2. The molecule has 0 amide bonds. The summed E-state index contributed by atoms with van der Waals surface area (Å²) < 4.78 is 12.6. The van der Waals surface area contributed by atoms with Gasteiger partial charge in [0, 0.05) is 28.4 Å². The molecule has 0 aliphatic carbocycles. The van der Waals surface area contributed by atoms with E-state index < -0.39 is 0 Å². The molecular weight excluding hydrogens is 791 g/mol. The quantitative estimate of drug-likeness (QED) is 0.165. The topological polar surface area (TPSA) is 24.9 Å². The van der Waals surface area contributed by atoms with Crippen molar-refractivity contribution in [1.29, 1.82) is 0 Å². The highest BCUT2D eigenvalue weighted by Crippen LogP contribution is 2.51. The first-order valence-corrected chi connectivity index (χ1v) is 23.4. The van der Waals surface area contributed by atoms with Crippen LogP contribution in [0.1, 0.15) is 111 Å². The van der Waals surface area contributed by atoms with Crippen molar-refractivity contribution in [3.8, 4) is 33.8 Å². The third-order valence-corrected chi connectivity index (χ3v) is 13.9. The monoisotopic (exact) mass is 854 g/mol. The molecule has 0 unspecified atom stereocenters. The largest absolute Gasteiger partial charge is 0.454 e. The SMILES string of the molecule is Cc1cc2c3c(c1)N(c1ccc(C(C)(C)C)cc1)c1c(ccc4c1OCO4)B3c1cc(C(C)(C)C)ccc1N2c1cc(-c2ccc(C(C)(C)C)cc2)cc(-c2ccc(C(C)(C)C)cc2)c1. The average Bonchev–Trinajstić information content (AvgIpc) is 3.74. The second kappa shape index (κ2) is 14.9. The number of fused-ring (bicyclic) bond motifs is 6. The number of nitrogens with zero attached hydrogens (tertiary/aromatic N) is 2. The van der Waals surface area contributed by atoms with Gasteiger partial charge in [0.25, 0.3) is 6.71 Å². The highest BCUT2D eigenvalue weighted by atomic mass is 16.7. The van der Waals surface area contributed by atoms with Crippen LogP contribution in [0, 0.1) is 6.92 Å². The Hall–Kier alpha value is -6.20. The van der Waals surface area contributed by atoms with Crippen LogP contribution in [0.4, 0.5) is 34.1 Å². The van der Waals surface area contributed by atoms with E-state index in [0.717, 1.165) is 34.2 Å². The van der Waals surface area contributed by atoms with Crippen molar-refractivity contribution in [1.82, 2.24) is 0 Å². The minimum Gasteiger partial charge on any atom is -0.454 e. The highest BCUT2D eigenvalue weighted by molar-refractivity contribution is 7.00. The van der Waals surface area contributed by atoms with Gasteiger partial charge in [0.1, 0.15) is 0 Å². The maximum Gasteiger partial charge on any atom is 0.252 e. The zero-order valence-electron chi connectivity index (χ0n) is 40.7. The Kier molecular flexibility index (Phi) is 9.81. The number of benzene rings is 7. The first-order chi connectivity index (χ1) is 30.6. The maximum absolute atomic E-state index is 6.46. The predicted octanol–water partition coefficient (Wildman–Crippen LogP) is 14.3. The van der Waals surface area contributed by atoms with Crippen LogP contribution in [0.5, 0.6) is 11.5 Å². The number of rotatable bonds is 4. The molecule has 10 rings (SSSR count). The lowest BCUT2D eigenvalue weighted by Gasteiger charge is -2.45. The first kappa shape index (κ1) is 42.7. The van der Waals surface area contributed by atoms with Crippen LogP contribution in [-0.4, -0.2) is 13.5 Å². The van der Waals surface area contributed by atoms with Gasteiger partial charge in [-0.15, -0.1) is 0 Å². The summed E-state index contributed by atoms with van der Waals surface area (Å²) in [4.78, 5) is 5.01. The predicted molar refractivity (Wildman–Crippen MR) is 277 cm³/mol. The summed E-state index contributed by atoms with van der Waals surface area (Å²) in [6.45, 7) is 29.9. The van der Waals surface area contributed by atoms with E-state index in [4.69, 9.17) is 9.47 Å². The van der Waals surface area contributed by atoms with Crippen molar-refractivity contribution in [3.05, 3.63) is 161 Å². The summed E-state index contributed by atoms with van der Waals surface area (Å²) in [5.74, 6) is 1.59. The lowest BCUT2D eigenvalue weighted by molar-refractivity contribution is 0.174. The summed E-state index contributed by atoms with van der Waals surface area (Å²) in [5, 5.41) is 0. The summed E-state index contributed by atoms with van der Waals surface area (Å²) in [6, 6.07) is 51.2. The fourth-order valence-electron chi connectivity index (χ4n) is 10.1. The molecule has 7 aromatic rings. The van der Waals surface area contributed by atoms with Gasteiger partial charge in [-0.2, -0.15) is 0 Å². The lowest BCUT2D eigenvalue weighted by Crippen LogP contribution is -2.61. The van der Waals surface area contributed by atoms with E-state index in [-0.39, 0.29) is 35.2 Å². The Morgan fingerprint density at radius 2 is 0.908 bits per heavy atom. The molecule has 3 aliphatic heterocycles. The molecule has 0 atom stereocenters. The molecule has 4 nitrogen and oxygen atoms in total. The van der Waals surface area contributed by atoms with Crippen molar-refractivity contribution in [3.63, 3.8) is 0 Å². The summed E-state index contributed by atoms with van der Waals surface area (Å²) in [6.07, 6.45) is 0. The number of aryl methyl sites for hydroxylation is 1. The Morgan fingerprint density at radius 1 is 0.415 bits per heavy atom. The van der Waals surface area contributed by atoms with E-state index in [9.17, 15) is 0 Å². The van der Waals surface area contributed by atoms with Gasteiger partial charge in [-0.3, -0.25) is 0 Å². The zero-order valence-corrected chi connectivity index (χ0v) is 40.7. The van der Waals surface area contributed by atoms with Gasteiger partial charge >= 0.3 is 0 Å². The van der Waals surface area contributed by atoms with E-state index in [2.05, 4.69) is 233 Å². The smallest absolute Gasteiger partial charge is 0.252 e. The summed E-state index contributed by atoms with van der Waals surface area (Å²) in [5.41, 5.74) is 21.9. The summed E-state index contributed by atoms with van der Waals surface area (Å²) in [7, 11) is 0. The van der Waals surface area contributed by atoms with Gasteiger partial charge in [0.2, 0.25) is 6.79 Å². The molecule has 0 spiro atoms. The maximum atomic E-state index is 6.46. The molecule has 0 fully saturated rings. The van der Waals surface area contributed by atoms with Gasteiger partial charge in [-0.05, 0) is 150 Å². The lowest BCUT2D eigenvalue weighted by atomic mass is 9.33. The Balaban J connectivity index is 1.26. The first-order valence-electron chi connectivity index (χ1n) is 23.4. The van der Waals surface area contributed by atoms with Crippen molar-refractivity contribution in [2.75, 3.05) is 16.6 Å². The molecule has 0 bridgehead atoms. The fourth-order valence-corrected chi connectivity index (χ4v) is 10.1. The number of ether oxygens (including phenoxy) is 2. The van der Waals surface area contributed by atoms with Gasteiger partial charge in [0.15, 0.2) is 11.5 Å². The molecule has 0 saturated heterocycles. The van der Waals surface area contributed by atoms with Crippen LogP contribution < -0.4 is 35.7 Å². The van der Waals surface area contributed by atoms with Crippen molar-refractivity contribution < 1.29 is 9.47 Å². The molecule has 0 aromatic heterocycles. The van der Waals surface area contributed by atoms with Crippen molar-refractivity contribution >= 4 is 57.2 Å². The van der Waals surface area contributed by atoms with Crippen LogP contribution >= 0.6 is 0 Å². The standard InChI is InChI=1S/C60H63BN2O2/c1-37-30-51-54-52(31-37)63(46-25-22-44(23-26-46)59(8,9)10)55-48(27-29-53-56(55)65-36-64-53)61(54)49-35-45(60(11,12)13)24-28-50(49)62(51)47-33-40(38-14-18-42(19-15-38)57(2,3)4)32-41(34-47)39-16-20-43(21-17-39)58(5,6)7/h14-35H,36H2,1-13H3. The third kappa shape index (κ3) is 7.42. The number of hydrogen-bond donors (Lipinski definition) is 0. The van der Waals surface area contributed by atoms with E-state index in [1.165, 1.54) is 77.8 Å². The Bertz CT molecular complexity index is 2920. The number of hydrogen-bond acceptors (Lipinski definition) is 4. The normalized spacial score (nSPS) is 14.3. The summed E-state index contributed by atoms with van der Waals surface area (Å²) >= 11 is 0. The zero-order chi connectivity index (χ0) is 46.0. The van der Waals surface area contributed by atoms with Gasteiger partial charge < -0.3 is 19.3 Å². The molecule has 5 heteroatoms. The second-order valence-corrected chi connectivity index (χ2v) is 22.8. The van der Waals surface area contributed by atoms with Gasteiger partial charge in [-0.25, -0.2) is 0 Å². The van der Waals surface area contributed by atoms with E-state index in [1.54, 1.807) is 0 Å². The molecule has 0 radical (unpaired) electrons. The molecule has 3 heterocycles. The fraction of sp³-hybridized carbons (Fsp3) is 0.300. The molecule has 0 saturated carbocycles. The average molecular weight is 855 g/mol. The van der Waals surface area contributed by atoms with Crippen LogP contribution in [0.15, 0.2) is 133 Å². The molecule has 3 aliphatic rings. The van der Waals surface area contributed by atoms with Gasteiger partial charge in [0.05, 0.1) is 5.69 Å². The molecule has 0 N–H and O–H groups in total. The van der Waals surface area contributed by atoms with E-state index >= 15 is 0 Å². The van der Waals surface area contributed by atoms with Gasteiger partial charge in [-0.1, -0.05) is 162 Å². The molecule has 7 aromatic carbocycles. The second-order valence-electron chi connectivity index (χ2n) is 22.8. The Labute approximate surface area is 388 Å². The highest BCUT2D eigenvalue weighted by Gasteiger charge is 2.46.